The van der Waals surface area contributed by atoms with E-state index in [0.29, 0.717) is 5.75 Å². The second-order valence-corrected chi connectivity index (χ2v) is 3.18. The van der Waals surface area contributed by atoms with Crippen LogP contribution in [-0.2, 0) is 14.3 Å². The van der Waals surface area contributed by atoms with Gasteiger partial charge >= 0.3 is 11.3 Å². The molecule has 0 heterocycles. The normalized spacial score (nSPS) is 11.9. The number of esters is 1. The summed E-state index contributed by atoms with van der Waals surface area (Å²) in [6.07, 6.45) is -0.797. The molecule has 0 aromatic carbocycles. The second kappa shape index (κ2) is 5.88. The SMILES string of the molecule is CCSC(=O)O[C@H](C)OC(C)=O. The van der Waals surface area contributed by atoms with Crippen LogP contribution in [0, 0.1) is 0 Å². The summed E-state index contributed by atoms with van der Waals surface area (Å²) in [5.74, 6) is 0.183. The molecule has 0 rings (SSSR count). The molecule has 0 bridgehead atoms. The van der Waals surface area contributed by atoms with Crippen molar-refractivity contribution in [2.24, 2.45) is 0 Å². The van der Waals surface area contributed by atoms with E-state index >= 15 is 0 Å². The van der Waals surface area contributed by atoms with Crippen molar-refractivity contribution < 1.29 is 19.1 Å². The Morgan fingerprint density at radius 2 is 2.00 bits per heavy atom. The monoisotopic (exact) mass is 192 g/mol. The molecule has 12 heavy (non-hydrogen) atoms. The lowest BCUT2D eigenvalue weighted by Crippen LogP contribution is -2.18. The summed E-state index contributed by atoms with van der Waals surface area (Å²) >= 11 is 1.03. The van der Waals surface area contributed by atoms with Gasteiger partial charge in [-0.3, -0.25) is 4.79 Å². The third-order valence-corrected chi connectivity index (χ3v) is 1.48. The van der Waals surface area contributed by atoms with Crippen LogP contribution in [0.4, 0.5) is 4.79 Å². The molecule has 0 saturated carbocycles. The van der Waals surface area contributed by atoms with Gasteiger partial charge in [0.05, 0.1) is 0 Å². The van der Waals surface area contributed by atoms with Crippen molar-refractivity contribution in [1.82, 2.24) is 0 Å². The summed E-state index contributed by atoms with van der Waals surface area (Å²) in [5, 5.41) is -0.425. The smallest absolute Gasteiger partial charge is 0.370 e. The number of hydrogen-bond donors (Lipinski definition) is 0. The summed E-state index contributed by atoms with van der Waals surface area (Å²) in [6.45, 7) is 4.59. The van der Waals surface area contributed by atoms with Crippen LogP contribution in [0.15, 0.2) is 0 Å². The van der Waals surface area contributed by atoms with E-state index < -0.39 is 17.6 Å². The number of carbonyl (C=O) groups is 2. The van der Waals surface area contributed by atoms with Gasteiger partial charge in [0.1, 0.15) is 0 Å². The third-order valence-electron chi connectivity index (χ3n) is 0.856. The van der Waals surface area contributed by atoms with Crippen LogP contribution in [0.1, 0.15) is 20.8 Å². The van der Waals surface area contributed by atoms with Crippen LogP contribution in [0.5, 0.6) is 0 Å². The van der Waals surface area contributed by atoms with E-state index in [1.54, 1.807) is 0 Å². The maximum absolute atomic E-state index is 10.8. The average Bonchev–Trinajstić information content (AvgIpc) is 1.84. The van der Waals surface area contributed by atoms with E-state index in [4.69, 9.17) is 0 Å². The molecule has 0 spiro atoms. The molecule has 0 aliphatic rings. The summed E-state index contributed by atoms with van der Waals surface area (Å²) in [5.41, 5.74) is 0. The van der Waals surface area contributed by atoms with Crippen LogP contribution >= 0.6 is 11.8 Å². The van der Waals surface area contributed by atoms with Gasteiger partial charge in [-0.2, -0.15) is 0 Å². The third kappa shape index (κ3) is 6.03. The van der Waals surface area contributed by atoms with E-state index in [-0.39, 0.29) is 0 Å². The fraction of sp³-hybridized carbons (Fsp3) is 0.714. The van der Waals surface area contributed by atoms with Crippen LogP contribution < -0.4 is 0 Å². The van der Waals surface area contributed by atoms with Crippen molar-refractivity contribution in [2.45, 2.75) is 27.1 Å². The van der Waals surface area contributed by atoms with E-state index in [9.17, 15) is 9.59 Å². The standard InChI is InChI=1S/C7H12O4S/c1-4-12-7(9)11-6(3)10-5(2)8/h6H,4H2,1-3H3/t6-/m1/s1. The van der Waals surface area contributed by atoms with Crippen molar-refractivity contribution in [2.75, 3.05) is 5.75 Å². The van der Waals surface area contributed by atoms with Crippen LogP contribution in [-0.4, -0.2) is 23.3 Å². The molecule has 4 nitrogen and oxygen atoms in total. The molecule has 0 aliphatic heterocycles. The van der Waals surface area contributed by atoms with Gasteiger partial charge < -0.3 is 9.47 Å². The van der Waals surface area contributed by atoms with Gasteiger partial charge in [-0.1, -0.05) is 6.92 Å². The molecule has 0 aliphatic carbocycles. The van der Waals surface area contributed by atoms with Crippen molar-refractivity contribution in [3.05, 3.63) is 0 Å². The zero-order valence-electron chi connectivity index (χ0n) is 7.33. The zero-order chi connectivity index (χ0) is 9.56. The van der Waals surface area contributed by atoms with E-state index in [2.05, 4.69) is 9.47 Å². The molecule has 0 fully saturated rings. The zero-order valence-corrected chi connectivity index (χ0v) is 8.14. The van der Waals surface area contributed by atoms with E-state index in [1.165, 1.54) is 13.8 Å². The first-order valence-corrected chi connectivity index (χ1v) is 4.55. The quantitative estimate of drug-likeness (QED) is 0.504. The predicted octanol–water partition coefficient (Wildman–Crippen LogP) is 1.79. The first-order valence-electron chi connectivity index (χ1n) is 3.57. The Balaban J connectivity index is 3.61. The minimum Gasteiger partial charge on any atom is -0.426 e. The fourth-order valence-corrected chi connectivity index (χ4v) is 0.984. The van der Waals surface area contributed by atoms with E-state index in [1.807, 2.05) is 6.92 Å². The summed E-state index contributed by atoms with van der Waals surface area (Å²) in [6, 6.07) is 0. The number of rotatable bonds is 3. The van der Waals surface area contributed by atoms with E-state index in [0.717, 1.165) is 11.8 Å². The molecule has 1 atom stereocenters. The minimum atomic E-state index is -0.797. The van der Waals surface area contributed by atoms with Gasteiger partial charge in [-0.05, 0) is 11.8 Å². The van der Waals surface area contributed by atoms with Crippen LogP contribution in [0.2, 0.25) is 0 Å². The first kappa shape index (κ1) is 11.3. The molecular weight excluding hydrogens is 180 g/mol. The predicted molar refractivity (Wildman–Crippen MR) is 45.8 cm³/mol. The molecule has 0 amide bonds. The molecule has 70 valence electrons. The molecule has 0 saturated heterocycles. The summed E-state index contributed by atoms with van der Waals surface area (Å²) in [4.78, 5) is 21.2. The Morgan fingerprint density at radius 3 is 2.42 bits per heavy atom. The Labute approximate surface area is 75.6 Å². The highest BCUT2D eigenvalue weighted by molar-refractivity contribution is 8.13. The lowest BCUT2D eigenvalue weighted by Gasteiger charge is -2.11. The molecule has 0 unspecified atom stereocenters. The summed E-state index contributed by atoms with van der Waals surface area (Å²) < 4.78 is 9.25. The molecule has 0 aromatic rings. The molecule has 0 radical (unpaired) electrons. The highest BCUT2D eigenvalue weighted by atomic mass is 32.2. The highest BCUT2D eigenvalue weighted by Crippen LogP contribution is 2.07. The lowest BCUT2D eigenvalue weighted by molar-refractivity contribution is -0.160. The maximum Gasteiger partial charge on any atom is 0.370 e. The van der Waals surface area contributed by atoms with Crippen LogP contribution in [0.3, 0.4) is 0 Å². The largest absolute Gasteiger partial charge is 0.426 e. The lowest BCUT2D eigenvalue weighted by atomic mass is 10.7. The Bertz CT molecular complexity index is 169. The number of carbonyl (C=O) groups excluding carboxylic acids is 2. The molecular formula is C7H12O4S. The Morgan fingerprint density at radius 1 is 1.42 bits per heavy atom. The molecule has 5 heteroatoms. The van der Waals surface area contributed by atoms with Crippen molar-refractivity contribution in [3.8, 4) is 0 Å². The van der Waals surface area contributed by atoms with Gasteiger partial charge in [0.25, 0.3) is 0 Å². The van der Waals surface area contributed by atoms with Gasteiger partial charge in [0, 0.05) is 19.6 Å². The topological polar surface area (TPSA) is 52.6 Å². The van der Waals surface area contributed by atoms with Crippen molar-refractivity contribution >= 4 is 23.0 Å². The van der Waals surface area contributed by atoms with Gasteiger partial charge in [0.2, 0.25) is 6.29 Å². The van der Waals surface area contributed by atoms with Crippen molar-refractivity contribution in [1.29, 1.82) is 0 Å². The molecule has 0 aromatic heterocycles. The number of ether oxygens (including phenoxy) is 2. The fourth-order valence-electron chi connectivity index (χ4n) is 0.545. The number of hydrogen-bond acceptors (Lipinski definition) is 5. The number of thioether (sulfide) groups is 1. The van der Waals surface area contributed by atoms with Gasteiger partial charge in [-0.25, -0.2) is 4.79 Å². The Kier molecular flexibility index (Phi) is 5.53. The average molecular weight is 192 g/mol. The highest BCUT2D eigenvalue weighted by Gasteiger charge is 2.10. The first-order chi connectivity index (χ1) is 5.56. The van der Waals surface area contributed by atoms with Gasteiger partial charge in [-0.15, -0.1) is 0 Å². The summed E-state index contributed by atoms with van der Waals surface area (Å²) in [7, 11) is 0. The van der Waals surface area contributed by atoms with Crippen molar-refractivity contribution in [3.63, 3.8) is 0 Å². The minimum absolute atomic E-state index is 0.425. The van der Waals surface area contributed by atoms with Crippen LogP contribution in [0.25, 0.3) is 0 Å². The second-order valence-electron chi connectivity index (χ2n) is 1.98. The molecule has 0 N–H and O–H groups in total. The van der Waals surface area contributed by atoms with Gasteiger partial charge in [0.15, 0.2) is 0 Å². The Hall–Kier alpha value is -0.710. The maximum atomic E-state index is 10.8.